The summed E-state index contributed by atoms with van der Waals surface area (Å²) in [6.45, 7) is 9.88. The highest BCUT2D eigenvalue weighted by Gasteiger charge is 2.05. The molecule has 0 rings (SSSR count). The first kappa shape index (κ1) is 9.83. The topological polar surface area (TPSA) is 3.24 Å². The fourth-order valence-corrected chi connectivity index (χ4v) is 22.3. The molecule has 0 aromatic heterocycles. The molecule has 0 bridgehead atoms. The molecule has 0 aliphatic heterocycles. The first-order valence-corrected chi connectivity index (χ1v) is 14.9. The summed E-state index contributed by atoms with van der Waals surface area (Å²) in [5, 5.41) is 0. The minimum absolute atomic E-state index is 0.261. The molecule has 0 aliphatic rings. The molecule has 0 amide bonds. The van der Waals surface area contributed by atoms with Gasteiger partial charge in [-0.3, -0.25) is 0 Å². The Morgan fingerprint density at radius 1 is 1.22 bits per heavy atom. The van der Waals surface area contributed by atoms with Crippen molar-refractivity contribution in [2.45, 2.75) is 26.2 Å². The van der Waals surface area contributed by atoms with Gasteiger partial charge in [-0.25, -0.2) is 0 Å². The maximum Gasteiger partial charge on any atom is 0.0907 e. The Hall–Kier alpha value is 0.828. The van der Waals surface area contributed by atoms with E-state index >= 15 is 0 Å². The van der Waals surface area contributed by atoms with Crippen LogP contribution in [-0.4, -0.2) is 40.8 Å². The Labute approximate surface area is 67.3 Å². The summed E-state index contributed by atoms with van der Waals surface area (Å²) in [5.41, 5.74) is 0. The molecular weight excluding hydrogens is 174 g/mol. The summed E-state index contributed by atoms with van der Waals surface area (Å²) >= 11 is 0. The van der Waals surface area contributed by atoms with Crippen LogP contribution < -0.4 is 0 Å². The van der Waals surface area contributed by atoms with Gasteiger partial charge in [-0.1, -0.05) is 26.2 Å². The van der Waals surface area contributed by atoms with Gasteiger partial charge in [-0.2, -0.15) is 0 Å². The molecule has 0 unspecified atom stereocenters. The minimum atomic E-state index is -0.312. The van der Waals surface area contributed by atoms with Gasteiger partial charge in [0.05, 0.1) is 27.8 Å². The number of hydrogen-bond donors (Lipinski definition) is 0. The van der Waals surface area contributed by atoms with Crippen LogP contribution >= 0.6 is 0 Å². The third-order valence-corrected chi connectivity index (χ3v) is 20.0. The molecule has 56 valence electrons. The van der Waals surface area contributed by atoms with Crippen molar-refractivity contribution in [1.29, 1.82) is 0 Å². The first-order chi connectivity index (χ1) is 4.22. The zero-order valence-electron chi connectivity index (χ0n) is 7.15. The minimum Gasteiger partial charge on any atom is -0.383 e. The zero-order chi connectivity index (χ0) is 7.28. The van der Waals surface area contributed by atoms with E-state index in [1.54, 1.807) is 0 Å². The predicted octanol–water partition coefficient (Wildman–Crippen LogP) is -1.38. The monoisotopic (exact) mass is 193 g/mol. The van der Waals surface area contributed by atoms with Gasteiger partial charge in [-0.05, 0) is 0 Å². The number of rotatable bonds is 4. The fourth-order valence-electron chi connectivity index (χ4n) is 1.07. The summed E-state index contributed by atoms with van der Waals surface area (Å²) < 4.78 is 2.95. The van der Waals surface area contributed by atoms with Crippen LogP contribution in [0.25, 0.3) is 0 Å². The smallest absolute Gasteiger partial charge is 0.0907 e. The SMILES string of the molecule is C[SiH2][SiH2]N([SiH2]C)[SiH](C)C. The number of nitrogens with zero attached hydrogens (tertiary/aromatic N) is 1. The Kier molecular flexibility index (Phi) is 6.12. The molecule has 0 spiro atoms. The van der Waals surface area contributed by atoms with E-state index in [4.69, 9.17) is 0 Å². The van der Waals surface area contributed by atoms with Crippen LogP contribution in [0.1, 0.15) is 0 Å². The van der Waals surface area contributed by atoms with Crippen LogP contribution in [-0.2, 0) is 0 Å². The number of hydrogen-bond acceptors (Lipinski definition) is 1. The van der Waals surface area contributed by atoms with E-state index in [0.29, 0.717) is 18.2 Å². The van der Waals surface area contributed by atoms with Crippen molar-refractivity contribution < 1.29 is 0 Å². The zero-order valence-corrected chi connectivity index (χ0v) is 12.5. The van der Waals surface area contributed by atoms with Gasteiger partial charge in [-0.15, -0.1) is 0 Å². The van der Waals surface area contributed by atoms with E-state index in [2.05, 4.69) is 30.1 Å². The fraction of sp³-hybridized carbons (Fsp3) is 1.00. The first-order valence-electron chi connectivity index (χ1n) is 3.96. The maximum atomic E-state index is 2.95. The Bertz CT molecular complexity index is 67.6. The van der Waals surface area contributed by atoms with Crippen LogP contribution in [0.2, 0.25) is 26.2 Å². The second kappa shape index (κ2) is 5.60. The lowest BCUT2D eigenvalue weighted by Gasteiger charge is -2.22. The molecule has 0 radical (unpaired) electrons. The van der Waals surface area contributed by atoms with E-state index in [9.17, 15) is 0 Å². The predicted molar refractivity (Wildman–Crippen MR) is 58.1 cm³/mol. The average molecular weight is 194 g/mol. The molecule has 9 heavy (non-hydrogen) atoms. The second-order valence-electron chi connectivity index (χ2n) is 2.72. The van der Waals surface area contributed by atoms with Gasteiger partial charge in [0.2, 0.25) is 0 Å². The van der Waals surface area contributed by atoms with Crippen LogP contribution in [0.3, 0.4) is 0 Å². The molecule has 0 atom stereocenters. The van der Waals surface area contributed by atoms with Crippen LogP contribution in [0.4, 0.5) is 0 Å². The van der Waals surface area contributed by atoms with Gasteiger partial charge in [0.15, 0.2) is 0 Å². The van der Waals surface area contributed by atoms with Crippen molar-refractivity contribution in [2.75, 3.05) is 0 Å². The van der Waals surface area contributed by atoms with Crippen molar-refractivity contribution in [2.24, 2.45) is 0 Å². The summed E-state index contributed by atoms with van der Waals surface area (Å²) in [6.07, 6.45) is 0. The summed E-state index contributed by atoms with van der Waals surface area (Å²) in [7, 11) is 0.780. The van der Waals surface area contributed by atoms with Gasteiger partial charge < -0.3 is 3.90 Å². The van der Waals surface area contributed by atoms with Crippen molar-refractivity contribution in [3.63, 3.8) is 0 Å². The summed E-state index contributed by atoms with van der Waals surface area (Å²) in [4.78, 5) is 0. The van der Waals surface area contributed by atoms with E-state index in [1.807, 2.05) is 0 Å². The summed E-state index contributed by atoms with van der Waals surface area (Å²) in [6, 6.07) is 0. The van der Waals surface area contributed by atoms with Gasteiger partial charge in [0, 0.05) is 9.04 Å². The van der Waals surface area contributed by atoms with Crippen LogP contribution in [0, 0.1) is 0 Å². The Morgan fingerprint density at radius 3 is 1.89 bits per heavy atom. The van der Waals surface area contributed by atoms with E-state index < -0.39 is 0 Å². The molecule has 5 heteroatoms. The molecule has 0 saturated carbocycles. The Morgan fingerprint density at radius 2 is 1.78 bits per heavy atom. The third-order valence-electron chi connectivity index (χ3n) is 1.65. The maximum absolute atomic E-state index is 2.95. The van der Waals surface area contributed by atoms with Crippen molar-refractivity contribution >= 4 is 36.9 Å². The lowest BCUT2D eigenvalue weighted by Crippen LogP contribution is -2.41. The molecule has 0 aromatic rings. The lowest BCUT2D eigenvalue weighted by molar-refractivity contribution is 1.08. The highest BCUT2D eigenvalue weighted by atomic mass is 29.2. The van der Waals surface area contributed by atoms with Crippen molar-refractivity contribution in [3.05, 3.63) is 0 Å². The molecule has 0 heterocycles. The largest absolute Gasteiger partial charge is 0.383 e. The third kappa shape index (κ3) is 4.26. The quantitative estimate of drug-likeness (QED) is 0.498. The highest BCUT2D eigenvalue weighted by Crippen LogP contribution is 1.87. The molecular formula is C4H19NSi4. The average Bonchev–Trinajstić information content (AvgIpc) is 1.82. The van der Waals surface area contributed by atoms with Crippen LogP contribution in [0.5, 0.6) is 0 Å². The molecule has 0 saturated heterocycles. The van der Waals surface area contributed by atoms with E-state index in [-0.39, 0.29) is 18.6 Å². The second-order valence-corrected chi connectivity index (χ2v) is 16.0. The normalized spacial score (nSPS) is 15.3. The van der Waals surface area contributed by atoms with Crippen molar-refractivity contribution in [3.8, 4) is 0 Å². The van der Waals surface area contributed by atoms with Gasteiger partial charge in [0.25, 0.3) is 0 Å². The lowest BCUT2D eigenvalue weighted by atomic mass is 11.9. The summed E-state index contributed by atoms with van der Waals surface area (Å²) in [5.74, 6) is 0. The molecule has 0 N–H and O–H groups in total. The van der Waals surface area contributed by atoms with Crippen LogP contribution in [0.15, 0.2) is 0 Å². The molecule has 1 nitrogen and oxygen atoms in total. The highest BCUT2D eigenvalue weighted by molar-refractivity contribution is 7.04. The van der Waals surface area contributed by atoms with E-state index in [1.165, 1.54) is 0 Å². The Balaban J connectivity index is 3.41. The standard InChI is InChI=1S/C4H19NSi4/c1-6-5(8-7-2)9(3)4/h9H,6-8H2,1-4H3. The van der Waals surface area contributed by atoms with E-state index in [0.717, 1.165) is 0 Å². The molecule has 0 fully saturated rings. The van der Waals surface area contributed by atoms with Crippen molar-refractivity contribution in [1.82, 2.24) is 3.90 Å². The molecule has 0 aliphatic carbocycles. The van der Waals surface area contributed by atoms with Gasteiger partial charge in [0.1, 0.15) is 0 Å². The molecule has 0 aromatic carbocycles. The van der Waals surface area contributed by atoms with Gasteiger partial charge >= 0.3 is 0 Å².